The van der Waals surface area contributed by atoms with Crippen LogP contribution in [-0.2, 0) is 20.7 Å². The van der Waals surface area contributed by atoms with Crippen LogP contribution in [0.1, 0.15) is 25.3 Å². The number of carbonyl (C=O) groups excluding carboxylic acids is 2. The molecule has 18 heavy (non-hydrogen) atoms. The molecule has 0 saturated heterocycles. The van der Waals surface area contributed by atoms with Crippen LogP contribution in [-0.4, -0.2) is 18.4 Å². The third-order valence-electron chi connectivity index (χ3n) is 2.33. The van der Waals surface area contributed by atoms with E-state index < -0.39 is 5.97 Å². The molecule has 0 spiro atoms. The predicted molar refractivity (Wildman–Crippen MR) is 68.7 cm³/mol. The fourth-order valence-corrected chi connectivity index (χ4v) is 1.92. The molecule has 0 fully saturated rings. The molecular weight excluding hydrogens is 303 g/mol. The molecule has 0 amide bonds. The number of ketones is 1. The summed E-state index contributed by atoms with van der Waals surface area (Å²) in [5.41, 5.74) is 0.715. The van der Waals surface area contributed by atoms with Gasteiger partial charge in [-0.05, 0) is 37.1 Å². The number of halogens is 2. The largest absolute Gasteiger partial charge is 0.466 e. The van der Waals surface area contributed by atoms with Gasteiger partial charge in [0.05, 0.1) is 6.61 Å². The minimum absolute atomic E-state index is 0.195. The van der Waals surface area contributed by atoms with E-state index in [1.165, 1.54) is 12.1 Å². The van der Waals surface area contributed by atoms with E-state index in [-0.39, 0.29) is 31.0 Å². The molecule has 0 atom stereocenters. The number of ether oxygens (including phenoxy) is 1. The zero-order valence-corrected chi connectivity index (χ0v) is 11.6. The van der Waals surface area contributed by atoms with Gasteiger partial charge in [0.1, 0.15) is 18.0 Å². The molecule has 5 heteroatoms. The standard InChI is InChI=1S/C13H14BrFO3/c1-2-18-13(17)8-11(16)5-3-9-7-10(15)4-6-12(9)14/h4,6-7H,2-3,5,8H2,1H3. The number of carbonyl (C=O) groups is 2. The van der Waals surface area contributed by atoms with Gasteiger partial charge in [-0.2, -0.15) is 0 Å². The van der Waals surface area contributed by atoms with E-state index in [0.717, 1.165) is 4.47 Å². The summed E-state index contributed by atoms with van der Waals surface area (Å²) < 4.78 is 18.4. The highest BCUT2D eigenvalue weighted by Crippen LogP contribution is 2.19. The van der Waals surface area contributed by atoms with Gasteiger partial charge >= 0.3 is 5.97 Å². The molecular formula is C13H14BrFO3. The predicted octanol–water partition coefficient (Wildman–Crippen LogP) is 3.04. The molecule has 1 aromatic carbocycles. The summed E-state index contributed by atoms with van der Waals surface area (Å²) in [4.78, 5) is 22.6. The lowest BCUT2D eigenvalue weighted by Gasteiger charge is -2.04. The van der Waals surface area contributed by atoms with Crippen LogP contribution >= 0.6 is 15.9 Å². The third-order valence-corrected chi connectivity index (χ3v) is 3.10. The lowest BCUT2D eigenvalue weighted by atomic mass is 10.1. The summed E-state index contributed by atoms with van der Waals surface area (Å²) in [5.74, 6) is -1.06. The Morgan fingerprint density at radius 1 is 1.39 bits per heavy atom. The SMILES string of the molecule is CCOC(=O)CC(=O)CCc1cc(F)ccc1Br. The van der Waals surface area contributed by atoms with Gasteiger partial charge in [-0.1, -0.05) is 15.9 Å². The van der Waals surface area contributed by atoms with E-state index in [2.05, 4.69) is 20.7 Å². The van der Waals surface area contributed by atoms with Crippen LogP contribution in [0.2, 0.25) is 0 Å². The second kappa shape index (κ2) is 7.26. The van der Waals surface area contributed by atoms with Gasteiger partial charge in [-0.25, -0.2) is 4.39 Å². The maximum absolute atomic E-state index is 13.0. The highest BCUT2D eigenvalue weighted by atomic mass is 79.9. The first-order valence-corrected chi connectivity index (χ1v) is 6.43. The van der Waals surface area contributed by atoms with Gasteiger partial charge in [-0.15, -0.1) is 0 Å². The van der Waals surface area contributed by atoms with Crippen LogP contribution in [0.4, 0.5) is 4.39 Å². The Bertz CT molecular complexity index is 446. The number of hydrogen-bond donors (Lipinski definition) is 0. The molecule has 3 nitrogen and oxygen atoms in total. The van der Waals surface area contributed by atoms with Crippen molar-refractivity contribution in [1.82, 2.24) is 0 Å². The molecule has 0 N–H and O–H groups in total. The molecule has 0 aliphatic carbocycles. The molecule has 0 saturated carbocycles. The van der Waals surface area contributed by atoms with Crippen LogP contribution in [0, 0.1) is 5.82 Å². The highest BCUT2D eigenvalue weighted by molar-refractivity contribution is 9.10. The smallest absolute Gasteiger partial charge is 0.313 e. The Labute approximate surface area is 113 Å². The monoisotopic (exact) mass is 316 g/mol. The van der Waals surface area contributed by atoms with Gasteiger partial charge in [-0.3, -0.25) is 9.59 Å². The second-order valence-corrected chi connectivity index (χ2v) is 4.61. The van der Waals surface area contributed by atoms with Crippen LogP contribution in [0.3, 0.4) is 0 Å². The van der Waals surface area contributed by atoms with Crippen molar-refractivity contribution in [1.29, 1.82) is 0 Å². The van der Waals surface area contributed by atoms with Crippen LogP contribution in [0.25, 0.3) is 0 Å². The van der Waals surface area contributed by atoms with Gasteiger partial charge in [0.25, 0.3) is 0 Å². The highest BCUT2D eigenvalue weighted by Gasteiger charge is 2.11. The molecule has 0 aliphatic rings. The normalized spacial score (nSPS) is 10.2. The minimum Gasteiger partial charge on any atom is -0.466 e. The quantitative estimate of drug-likeness (QED) is 0.598. The topological polar surface area (TPSA) is 43.4 Å². The Morgan fingerprint density at radius 2 is 2.11 bits per heavy atom. The van der Waals surface area contributed by atoms with Crippen LogP contribution < -0.4 is 0 Å². The van der Waals surface area contributed by atoms with Gasteiger partial charge < -0.3 is 4.74 Å². The molecule has 1 aromatic rings. The summed E-state index contributed by atoms with van der Waals surface area (Å²) in [6.07, 6.45) is 0.373. The lowest BCUT2D eigenvalue weighted by Crippen LogP contribution is -2.11. The molecule has 0 radical (unpaired) electrons. The van der Waals surface area contributed by atoms with E-state index in [9.17, 15) is 14.0 Å². The number of benzene rings is 1. The zero-order valence-electron chi connectivity index (χ0n) is 10.0. The maximum atomic E-state index is 13.0. The van der Waals surface area contributed by atoms with Crippen molar-refractivity contribution in [2.45, 2.75) is 26.2 Å². The Morgan fingerprint density at radius 3 is 2.78 bits per heavy atom. The van der Waals surface area contributed by atoms with Crippen LogP contribution in [0.5, 0.6) is 0 Å². The number of esters is 1. The Balaban J connectivity index is 2.47. The molecule has 0 aliphatic heterocycles. The van der Waals surface area contributed by atoms with Crippen molar-refractivity contribution >= 4 is 27.7 Å². The summed E-state index contributed by atoms with van der Waals surface area (Å²) in [6.45, 7) is 1.95. The zero-order chi connectivity index (χ0) is 13.5. The van der Waals surface area contributed by atoms with Crippen molar-refractivity contribution in [3.05, 3.63) is 34.1 Å². The lowest BCUT2D eigenvalue weighted by molar-refractivity contribution is -0.145. The molecule has 98 valence electrons. The van der Waals surface area contributed by atoms with Crippen molar-refractivity contribution in [3.63, 3.8) is 0 Å². The van der Waals surface area contributed by atoms with Gasteiger partial charge in [0, 0.05) is 10.9 Å². The fraction of sp³-hybridized carbons (Fsp3) is 0.385. The van der Waals surface area contributed by atoms with E-state index >= 15 is 0 Å². The minimum atomic E-state index is -0.513. The second-order valence-electron chi connectivity index (χ2n) is 3.76. The van der Waals surface area contributed by atoms with E-state index in [0.29, 0.717) is 12.0 Å². The number of hydrogen-bond acceptors (Lipinski definition) is 3. The molecule has 0 aromatic heterocycles. The van der Waals surface area contributed by atoms with Crippen molar-refractivity contribution in [3.8, 4) is 0 Å². The molecule has 0 unspecified atom stereocenters. The summed E-state index contributed by atoms with van der Waals surface area (Å²) in [7, 11) is 0. The first kappa shape index (κ1) is 14.8. The first-order valence-electron chi connectivity index (χ1n) is 5.64. The first-order chi connectivity index (χ1) is 8.52. The van der Waals surface area contributed by atoms with Gasteiger partial charge in [0.2, 0.25) is 0 Å². The van der Waals surface area contributed by atoms with E-state index in [4.69, 9.17) is 0 Å². The third kappa shape index (κ3) is 4.96. The average molecular weight is 317 g/mol. The average Bonchev–Trinajstić information content (AvgIpc) is 2.30. The Kier molecular flexibility index (Phi) is 5.98. The molecule has 1 rings (SSSR count). The number of aryl methyl sites for hydroxylation is 1. The van der Waals surface area contributed by atoms with Crippen molar-refractivity contribution in [2.24, 2.45) is 0 Å². The number of rotatable bonds is 6. The van der Waals surface area contributed by atoms with Gasteiger partial charge in [0.15, 0.2) is 0 Å². The Hall–Kier alpha value is -1.23. The molecule has 0 bridgehead atoms. The van der Waals surface area contributed by atoms with Crippen molar-refractivity contribution < 1.29 is 18.7 Å². The fourth-order valence-electron chi connectivity index (χ4n) is 1.47. The van der Waals surface area contributed by atoms with Crippen LogP contribution in [0.15, 0.2) is 22.7 Å². The summed E-state index contributed by atoms with van der Waals surface area (Å²) in [6, 6.07) is 4.32. The molecule has 0 heterocycles. The summed E-state index contributed by atoms with van der Waals surface area (Å²) >= 11 is 3.29. The number of Topliss-reactive ketones (excluding diaryl/α,β-unsaturated/α-hetero) is 1. The maximum Gasteiger partial charge on any atom is 0.313 e. The summed E-state index contributed by atoms with van der Waals surface area (Å²) in [5, 5.41) is 0. The van der Waals surface area contributed by atoms with E-state index in [1.54, 1.807) is 13.0 Å². The van der Waals surface area contributed by atoms with Crippen molar-refractivity contribution in [2.75, 3.05) is 6.61 Å². The van der Waals surface area contributed by atoms with E-state index in [1.807, 2.05) is 0 Å².